The number of aryl methyl sites for hydroxylation is 1. The predicted octanol–water partition coefficient (Wildman–Crippen LogP) is 13.4. The molecule has 0 saturated heterocycles. The van der Waals surface area contributed by atoms with Crippen LogP contribution in [0.25, 0.3) is 11.1 Å². The Hall–Kier alpha value is -4.35. The van der Waals surface area contributed by atoms with E-state index in [2.05, 4.69) is 113 Å². The molecule has 1 unspecified atom stereocenters. The lowest BCUT2D eigenvalue weighted by molar-refractivity contribution is -0.124. The SMILES string of the molecule is COc1ccc(CCCC(CC(=O)C2(CCCCBr)c3ccccc3-c3ccccc32)Cc2ccc(OCc3ccc(C4CCCCCC4)cc3)cc2OC)cc1. The number of carbonyl (C=O) groups is 1. The van der Waals surface area contributed by atoms with Crippen molar-refractivity contribution in [2.75, 3.05) is 19.5 Å². The number of Topliss-reactive ketones (excluding diaryl/α,β-unsaturated/α-hetero) is 1. The fraction of sp³-hybridized carbons (Fsp3) is 0.404. The monoisotopic (exact) mass is 826 g/mol. The van der Waals surface area contributed by atoms with E-state index in [1.807, 2.05) is 18.2 Å². The molecule has 1 atom stereocenters. The maximum absolute atomic E-state index is 15.3. The van der Waals surface area contributed by atoms with Crippen molar-refractivity contribution in [3.8, 4) is 28.4 Å². The standard InChI is InChI=1S/C52H59BrO4/c1-55-44-29-24-38(25-30-44)14-13-15-40(35-51(54)52(32-11-12-33-53)48-20-9-7-18-46(48)47-19-8-10-21-49(47)52)34-43-28-31-45(36-50(43)56-2)57-37-39-22-26-42(27-23-39)41-16-5-3-4-6-17-41/h7-10,18-31,36,40-41H,3-6,11-17,32-35,37H2,1-2H3. The number of hydrogen-bond acceptors (Lipinski definition) is 4. The van der Waals surface area contributed by atoms with Crippen LogP contribution in [0.15, 0.2) is 115 Å². The van der Waals surface area contributed by atoms with E-state index in [0.717, 1.165) is 73.1 Å². The van der Waals surface area contributed by atoms with Crippen molar-refractivity contribution in [2.24, 2.45) is 5.92 Å². The van der Waals surface area contributed by atoms with E-state index < -0.39 is 5.41 Å². The number of benzene rings is 5. The second kappa shape index (κ2) is 19.9. The van der Waals surface area contributed by atoms with E-state index in [9.17, 15) is 0 Å². The molecule has 5 aromatic carbocycles. The van der Waals surface area contributed by atoms with Gasteiger partial charge >= 0.3 is 0 Å². The van der Waals surface area contributed by atoms with E-state index in [1.165, 1.54) is 77.5 Å². The molecule has 0 spiro atoms. The van der Waals surface area contributed by atoms with Gasteiger partial charge in [0, 0.05) is 17.8 Å². The van der Waals surface area contributed by atoms with Gasteiger partial charge < -0.3 is 14.2 Å². The first-order valence-electron chi connectivity index (χ1n) is 21.3. The quantitative estimate of drug-likeness (QED) is 0.0472. The summed E-state index contributed by atoms with van der Waals surface area (Å²) in [7, 11) is 3.44. The maximum atomic E-state index is 15.3. The fourth-order valence-corrected chi connectivity index (χ4v) is 9.98. The molecule has 0 aliphatic heterocycles. The molecule has 57 heavy (non-hydrogen) atoms. The minimum atomic E-state index is -0.653. The minimum Gasteiger partial charge on any atom is -0.497 e. The third-order valence-corrected chi connectivity index (χ3v) is 13.2. The summed E-state index contributed by atoms with van der Waals surface area (Å²) < 4.78 is 17.8. The maximum Gasteiger partial charge on any atom is 0.148 e. The molecule has 298 valence electrons. The highest BCUT2D eigenvalue weighted by Gasteiger charge is 2.48. The van der Waals surface area contributed by atoms with Gasteiger partial charge in [-0.3, -0.25) is 4.79 Å². The Morgan fingerprint density at radius 2 is 1.37 bits per heavy atom. The molecule has 2 aliphatic carbocycles. The molecule has 1 saturated carbocycles. The average molecular weight is 828 g/mol. The topological polar surface area (TPSA) is 44.8 Å². The second-order valence-corrected chi connectivity index (χ2v) is 17.1. The van der Waals surface area contributed by atoms with Gasteiger partial charge in [0.25, 0.3) is 0 Å². The van der Waals surface area contributed by atoms with Crippen molar-refractivity contribution in [1.29, 1.82) is 0 Å². The van der Waals surface area contributed by atoms with E-state index in [1.54, 1.807) is 14.2 Å². The van der Waals surface area contributed by atoms with Crippen molar-refractivity contribution >= 4 is 21.7 Å². The number of carbonyl (C=O) groups excluding carboxylic acids is 1. The molecule has 0 amide bonds. The first kappa shape index (κ1) is 40.8. The predicted molar refractivity (Wildman–Crippen MR) is 237 cm³/mol. The van der Waals surface area contributed by atoms with Gasteiger partial charge in [0.05, 0.1) is 19.6 Å². The van der Waals surface area contributed by atoms with Gasteiger partial charge in [0.1, 0.15) is 29.6 Å². The van der Waals surface area contributed by atoms with Crippen LogP contribution in [0.1, 0.15) is 116 Å². The average Bonchev–Trinajstić information content (AvgIpc) is 3.36. The number of methoxy groups -OCH3 is 2. The summed E-state index contributed by atoms with van der Waals surface area (Å²) >= 11 is 3.66. The molecule has 0 heterocycles. The Morgan fingerprint density at radius 3 is 2.02 bits per heavy atom. The van der Waals surface area contributed by atoms with Gasteiger partial charge in [-0.25, -0.2) is 0 Å². The number of halogens is 1. The van der Waals surface area contributed by atoms with Crippen molar-refractivity contribution in [3.63, 3.8) is 0 Å². The van der Waals surface area contributed by atoms with Crippen LogP contribution in [0.2, 0.25) is 0 Å². The summed E-state index contributed by atoms with van der Waals surface area (Å²) in [6, 6.07) is 40.9. The molecule has 1 fully saturated rings. The Bertz CT molecular complexity index is 2000. The number of ketones is 1. The smallest absolute Gasteiger partial charge is 0.148 e. The highest BCUT2D eigenvalue weighted by atomic mass is 79.9. The van der Waals surface area contributed by atoms with Gasteiger partial charge in [-0.2, -0.15) is 0 Å². The van der Waals surface area contributed by atoms with E-state index >= 15 is 4.79 Å². The minimum absolute atomic E-state index is 0.136. The molecule has 0 N–H and O–H groups in total. The molecular weight excluding hydrogens is 768 g/mol. The number of ether oxygens (including phenoxy) is 3. The van der Waals surface area contributed by atoms with Crippen LogP contribution < -0.4 is 14.2 Å². The van der Waals surface area contributed by atoms with Crippen LogP contribution in [0.5, 0.6) is 17.2 Å². The lowest BCUT2D eigenvalue weighted by Crippen LogP contribution is -2.37. The lowest BCUT2D eigenvalue weighted by atomic mass is 9.68. The Balaban J connectivity index is 1.10. The van der Waals surface area contributed by atoms with Crippen molar-refractivity contribution < 1.29 is 19.0 Å². The lowest BCUT2D eigenvalue weighted by Gasteiger charge is -2.32. The van der Waals surface area contributed by atoms with Crippen LogP contribution in [-0.2, 0) is 29.7 Å². The Labute approximate surface area is 349 Å². The first-order valence-corrected chi connectivity index (χ1v) is 22.4. The van der Waals surface area contributed by atoms with Gasteiger partial charge in [-0.05, 0) is 126 Å². The van der Waals surface area contributed by atoms with Crippen LogP contribution in [0.4, 0.5) is 0 Å². The van der Waals surface area contributed by atoms with Crippen LogP contribution in [-0.4, -0.2) is 25.3 Å². The molecule has 0 radical (unpaired) electrons. The molecule has 5 aromatic rings. The molecule has 0 aromatic heterocycles. The first-order chi connectivity index (χ1) is 28.0. The van der Waals surface area contributed by atoms with Crippen molar-refractivity contribution in [1.82, 2.24) is 0 Å². The molecule has 0 bridgehead atoms. The summed E-state index contributed by atoms with van der Waals surface area (Å²) in [6.45, 7) is 0.510. The van der Waals surface area contributed by atoms with Gasteiger partial charge in [-0.1, -0.05) is 139 Å². The Morgan fingerprint density at radius 1 is 0.719 bits per heavy atom. The summed E-state index contributed by atoms with van der Waals surface area (Å²) in [5, 5.41) is 0.931. The van der Waals surface area contributed by atoms with E-state index in [0.29, 0.717) is 24.7 Å². The summed E-state index contributed by atoms with van der Waals surface area (Å²) in [4.78, 5) is 15.3. The molecule has 4 nitrogen and oxygen atoms in total. The second-order valence-electron chi connectivity index (χ2n) is 16.3. The van der Waals surface area contributed by atoms with Crippen LogP contribution in [0.3, 0.4) is 0 Å². The molecule has 7 rings (SSSR count). The van der Waals surface area contributed by atoms with Gasteiger partial charge in [0.2, 0.25) is 0 Å². The zero-order chi connectivity index (χ0) is 39.5. The zero-order valence-electron chi connectivity index (χ0n) is 33.9. The number of rotatable bonds is 19. The van der Waals surface area contributed by atoms with E-state index in [4.69, 9.17) is 14.2 Å². The molecule has 5 heteroatoms. The highest BCUT2D eigenvalue weighted by molar-refractivity contribution is 9.09. The number of unbranched alkanes of at least 4 members (excludes halogenated alkanes) is 1. The number of hydrogen-bond donors (Lipinski definition) is 0. The van der Waals surface area contributed by atoms with Crippen molar-refractivity contribution in [2.45, 2.75) is 108 Å². The highest BCUT2D eigenvalue weighted by Crippen LogP contribution is 2.53. The van der Waals surface area contributed by atoms with Gasteiger partial charge in [0.15, 0.2) is 0 Å². The van der Waals surface area contributed by atoms with Crippen LogP contribution >= 0.6 is 15.9 Å². The fourth-order valence-electron chi connectivity index (χ4n) is 9.58. The third-order valence-electron chi connectivity index (χ3n) is 12.7. The summed E-state index contributed by atoms with van der Waals surface area (Å²) in [5.74, 6) is 3.62. The molecule has 2 aliphatic rings. The summed E-state index contributed by atoms with van der Waals surface area (Å²) in [6.07, 6.45) is 15.0. The summed E-state index contributed by atoms with van der Waals surface area (Å²) in [5.41, 5.74) is 9.11. The third kappa shape index (κ3) is 9.69. The zero-order valence-corrected chi connectivity index (χ0v) is 35.5. The van der Waals surface area contributed by atoms with Crippen molar-refractivity contribution in [3.05, 3.63) is 149 Å². The normalized spacial score (nSPS) is 15.3. The largest absolute Gasteiger partial charge is 0.497 e. The van der Waals surface area contributed by atoms with Gasteiger partial charge in [-0.15, -0.1) is 0 Å². The molecular formula is C52H59BrO4. The Kier molecular flexibility index (Phi) is 14.2. The number of alkyl halides is 1. The number of fused-ring (bicyclic) bond motifs is 3. The van der Waals surface area contributed by atoms with Crippen LogP contribution in [0, 0.1) is 5.92 Å². The van der Waals surface area contributed by atoms with E-state index in [-0.39, 0.29) is 5.92 Å².